The maximum absolute atomic E-state index is 12.5. The summed E-state index contributed by atoms with van der Waals surface area (Å²) in [5.41, 5.74) is 12.8. The molecule has 1 aliphatic carbocycles. The molecule has 0 bridgehead atoms. The number of nitrogens with one attached hydrogen (secondary N) is 1. The van der Waals surface area contributed by atoms with Crippen molar-refractivity contribution in [3.05, 3.63) is 84.6 Å². The summed E-state index contributed by atoms with van der Waals surface area (Å²) in [5.74, 6) is 0.998. The highest BCUT2D eigenvalue weighted by molar-refractivity contribution is 6.14. The Labute approximate surface area is 242 Å². The number of nitrogens with two attached hydrogens (primary N) is 1. The predicted molar refractivity (Wildman–Crippen MR) is 160 cm³/mol. The summed E-state index contributed by atoms with van der Waals surface area (Å²) >= 11 is 6.16. The van der Waals surface area contributed by atoms with Crippen molar-refractivity contribution in [2.45, 2.75) is 24.8 Å². The Bertz CT molecular complexity index is 1760. The van der Waals surface area contributed by atoms with Crippen molar-refractivity contribution in [1.82, 2.24) is 24.4 Å². The van der Waals surface area contributed by atoms with Crippen LogP contribution in [0.25, 0.3) is 39.5 Å². The van der Waals surface area contributed by atoms with Gasteiger partial charge in [-0.1, -0.05) is 24.3 Å². The topological polar surface area (TPSA) is 111 Å². The molecule has 0 atom stereocenters. The van der Waals surface area contributed by atoms with Crippen molar-refractivity contribution in [3.8, 4) is 28.3 Å². The van der Waals surface area contributed by atoms with Gasteiger partial charge in [-0.3, -0.25) is 9.36 Å². The van der Waals surface area contributed by atoms with E-state index in [2.05, 4.69) is 34.1 Å². The Kier molecular flexibility index (Phi) is 6.42. The number of carbonyl (C=O) groups is 1. The van der Waals surface area contributed by atoms with Gasteiger partial charge in [-0.05, 0) is 85.1 Å². The van der Waals surface area contributed by atoms with Crippen molar-refractivity contribution in [2.75, 3.05) is 30.4 Å². The Balaban J connectivity index is 1.36. The van der Waals surface area contributed by atoms with Crippen LogP contribution in [0, 0.1) is 0 Å². The largest absolute Gasteiger partial charge is 0.383 e. The van der Waals surface area contributed by atoms with Gasteiger partial charge in [0.05, 0.1) is 23.4 Å². The molecule has 5 aromatic rings. The number of hydrogen-bond acceptors (Lipinski definition) is 7. The van der Waals surface area contributed by atoms with Crippen LogP contribution in [0.4, 0.5) is 11.5 Å². The number of fused-ring (bicyclic) bond motifs is 1. The molecule has 1 saturated heterocycles. The number of rotatable bonds is 6. The number of hydrogen-bond donors (Lipinski definition) is 2. The van der Waals surface area contributed by atoms with Crippen LogP contribution in [0.15, 0.2) is 79.0 Å². The molecule has 2 aliphatic rings. The average molecular weight is 566 g/mol. The van der Waals surface area contributed by atoms with E-state index < -0.39 is 0 Å². The van der Waals surface area contributed by atoms with Crippen molar-refractivity contribution in [3.63, 3.8) is 0 Å². The lowest BCUT2D eigenvalue weighted by atomic mass is 9.73. The molecular formula is C31H28ClN7O2. The lowest BCUT2D eigenvalue weighted by molar-refractivity contribution is -0.125. The standard InChI is InChI=1S/C31H28ClN7O2/c32-37-31(13-3-14-31)21-7-9-22(10-8-21)39-29(24-6-2-15-34-28(24)33)36-26-12-11-25(35-30(26)39)20-4-1-5-23(18-20)38-16-17-41-19-27(38)40/h1-2,4-12,15,18,37H,3,13-14,16-17,19H2,(H2,33,34). The average Bonchev–Trinajstić information content (AvgIpc) is 3.36. The normalized spacial score (nSPS) is 16.6. The van der Waals surface area contributed by atoms with Crippen LogP contribution in [-0.2, 0) is 15.1 Å². The van der Waals surface area contributed by atoms with Crippen molar-refractivity contribution < 1.29 is 9.53 Å². The molecule has 1 saturated carbocycles. The molecule has 3 aromatic heterocycles. The van der Waals surface area contributed by atoms with Crippen LogP contribution in [0.2, 0.25) is 0 Å². The van der Waals surface area contributed by atoms with E-state index in [9.17, 15) is 4.79 Å². The van der Waals surface area contributed by atoms with E-state index >= 15 is 0 Å². The molecule has 3 N–H and O–H groups in total. The summed E-state index contributed by atoms with van der Waals surface area (Å²) in [6.45, 7) is 1.13. The fourth-order valence-corrected chi connectivity index (χ4v) is 5.97. The zero-order valence-electron chi connectivity index (χ0n) is 22.3. The van der Waals surface area contributed by atoms with Gasteiger partial charge in [0, 0.05) is 29.7 Å². The number of nitrogen functional groups attached to an aromatic ring is 1. The van der Waals surface area contributed by atoms with Gasteiger partial charge < -0.3 is 15.4 Å². The summed E-state index contributed by atoms with van der Waals surface area (Å²) in [6, 6.07) is 23.9. The number of ether oxygens (including phenoxy) is 1. The number of pyridine rings is 2. The van der Waals surface area contributed by atoms with E-state index in [1.165, 1.54) is 0 Å². The fraction of sp³-hybridized carbons (Fsp3) is 0.226. The second-order valence-electron chi connectivity index (χ2n) is 10.5. The van der Waals surface area contributed by atoms with E-state index in [-0.39, 0.29) is 18.1 Å². The minimum absolute atomic E-state index is 0.0508. The smallest absolute Gasteiger partial charge is 0.253 e. The molecule has 1 amide bonds. The van der Waals surface area contributed by atoms with Gasteiger partial charge >= 0.3 is 0 Å². The number of imidazole rings is 1. The van der Waals surface area contributed by atoms with E-state index in [1.807, 2.05) is 53.1 Å². The third kappa shape index (κ3) is 4.42. The van der Waals surface area contributed by atoms with Crippen LogP contribution < -0.4 is 15.5 Å². The maximum atomic E-state index is 12.5. The lowest BCUT2D eigenvalue weighted by Gasteiger charge is -2.41. The first-order chi connectivity index (χ1) is 20.1. The molecule has 10 heteroatoms. The van der Waals surface area contributed by atoms with Crippen LogP contribution in [0.1, 0.15) is 24.8 Å². The zero-order valence-corrected chi connectivity index (χ0v) is 23.0. The van der Waals surface area contributed by atoms with E-state index in [0.717, 1.165) is 58.5 Å². The third-order valence-corrected chi connectivity index (χ3v) is 8.45. The predicted octanol–water partition coefficient (Wildman–Crippen LogP) is 5.22. The lowest BCUT2D eigenvalue weighted by Crippen LogP contribution is -2.43. The molecule has 7 rings (SSSR count). The monoisotopic (exact) mass is 565 g/mol. The van der Waals surface area contributed by atoms with Crippen LogP contribution in [-0.4, -0.2) is 45.2 Å². The maximum Gasteiger partial charge on any atom is 0.253 e. The number of carbonyl (C=O) groups excluding carboxylic acids is 1. The van der Waals surface area contributed by atoms with Gasteiger partial charge in [-0.25, -0.2) is 19.8 Å². The molecule has 0 radical (unpaired) electrons. The molecule has 1 aliphatic heterocycles. The SMILES string of the molecule is Nc1ncccc1-c1nc2ccc(-c3cccc(N4CCOCC4=O)c3)nc2n1-c1ccc(C2(NCl)CCC2)cc1. The third-order valence-electron chi connectivity index (χ3n) is 8.09. The van der Waals surface area contributed by atoms with Crippen LogP contribution in [0.5, 0.6) is 0 Å². The summed E-state index contributed by atoms with van der Waals surface area (Å²) in [7, 11) is 0. The summed E-state index contributed by atoms with van der Waals surface area (Å²) in [6.07, 6.45) is 4.81. The number of morpholine rings is 1. The Morgan fingerprint density at radius 2 is 1.83 bits per heavy atom. The van der Waals surface area contributed by atoms with Gasteiger partial charge in [0.1, 0.15) is 17.9 Å². The number of halogens is 1. The highest BCUT2D eigenvalue weighted by atomic mass is 35.5. The van der Waals surface area contributed by atoms with Gasteiger partial charge in [-0.2, -0.15) is 0 Å². The molecule has 0 spiro atoms. The molecule has 2 fully saturated rings. The second kappa shape index (κ2) is 10.3. The molecule has 206 valence electrons. The summed E-state index contributed by atoms with van der Waals surface area (Å²) < 4.78 is 7.32. The molecule has 41 heavy (non-hydrogen) atoms. The first-order valence-electron chi connectivity index (χ1n) is 13.6. The Morgan fingerprint density at radius 1 is 0.976 bits per heavy atom. The zero-order chi connectivity index (χ0) is 28.0. The summed E-state index contributed by atoms with van der Waals surface area (Å²) in [4.78, 5) is 31.6. The van der Waals surface area contributed by atoms with E-state index in [0.29, 0.717) is 30.4 Å². The highest BCUT2D eigenvalue weighted by Gasteiger charge is 2.38. The molecule has 9 nitrogen and oxygen atoms in total. The molecule has 4 heterocycles. The summed E-state index contributed by atoms with van der Waals surface area (Å²) in [5, 5.41) is 0. The fourth-order valence-electron chi connectivity index (χ4n) is 5.67. The number of nitrogens with zero attached hydrogens (tertiary/aromatic N) is 5. The van der Waals surface area contributed by atoms with E-state index in [4.69, 9.17) is 32.2 Å². The van der Waals surface area contributed by atoms with Crippen LogP contribution >= 0.6 is 11.8 Å². The molecular weight excluding hydrogens is 538 g/mol. The quantitative estimate of drug-likeness (QED) is 0.272. The number of benzene rings is 2. The first-order valence-corrected chi connectivity index (χ1v) is 14.0. The molecule has 2 aromatic carbocycles. The van der Waals surface area contributed by atoms with Crippen molar-refractivity contribution in [1.29, 1.82) is 0 Å². The Hall–Kier alpha value is -4.31. The van der Waals surface area contributed by atoms with Gasteiger partial charge in [-0.15, -0.1) is 0 Å². The van der Waals surface area contributed by atoms with Crippen molar-refractivity contribution in [2.24, 2.45) is 0 Å². The number of aromatic nitrogens is 4. The van der Waals surface area contributed by atoms with Gasteiger partial charge in [0.2, 0.25) is 0 Å². The number of anilines is 2. The number of amides is 1. The van der Waals surface area contributed by atoms with E-state index in [1.54, 1.807) is 11.1 Å². The van der Waals surface area contributed by atoms with Crippen molar-refractivity contribution >= 4 is 40.4 Å². The van der Waals surface area contributed by atoms with Crippen LogP contribution in [0.3, 0.4) is 0 Å². The second-order valence-corrected chi connectivity index (χ2v) is 10.7. The first kappa shape index (κ1) is 25.6. The van der Waals surface area contributed by atoms with Gasteiger partial charge in [0.15, 0.2) is 11.5 Å². The van der Waals surface area contributed by atoms with Gasteiger partial charge in [0.25, 0.3) is 5.91 Å². The minimum atomic E-state index is -0.188. The Morgan fingerprint density at radius 3 is 2.56 bits per heavy atom. The molecule has 0 unspecified atom stereocenters. The highest BCUT2D eigenvalue weighted by Crippen LogP contribution is 2.42. The minimum Gasteiger partial charge on any atom is -0.383 e.